The molecule has 0 unspecified atom stereocenters. The summed E-state index contributed by atoms with van der Waals surface area (Å²) in [7, 11) is 2.87. The van der Waals surface area contributed by atoms with E-state index in [0.29, 0.717) is 30.4 Å². The molecule has 1 aromatic heterocycles. The summed E-state index contributed by atoms with van der Waals surface area (Å²) in [4.78, 5) is 16.4. The summed E-state index contributed by atoms with van der Waals surface area (Å²) >= 11 is 0. The Morgan fingerprint density at radius 3 is 2.53 bits per heavy atom. The van der Waals surface area contributed by atoms with Crippen LogP contribution in [-0.4, -0.2) is 37.8 Å². The van der Waals surface area contributed by atoms with Gasteiger partial charge in [0, 0.05) is 25.1 Å². The number of hydrogen-bond donors (Lipinski definition) is 2. The minimum Gasteiger partial charge on any atom is -0.496 e. The van der Waals surface area contributed by atoms with Crippen LogP contribution < -0.4 is 15.4 Å². The molecule has 8 nitrogen and oxygen atoms in total. The Labute approximate surface area is 194 Å². The van der Waals surface area contributed by atoms with Gasteiger partial charge in [0.2, 0.25) is 0 Å². The molecule has 2 rings (SSSR count). The van der Waals surface area contributed by atoms with Crippen molar-refractivity contribution in [2.24, 2.45) is 4.99 Å². The summed E-state index contributed by atoms with van der Waals surface area (Å²) in [5.41, 5.74) is 3.36. The first-order chi connectivity index (χ1) is 14.1. The largest absolute Gasteiger partial charge is 0.496 e. The topological polar surface area (TPSA) is 98.0 Å². The van der Waals surface area contributed by atoms with Gasteiger partial charge in [-0.2, -0.15) is 0 Å². The number of nitrogens with one attached hydrogen (secondary N) is 2. The maximum atomic E-state index is 11.8. The number of aliphatic imine (C=N–C) groups is 1. The number of halogens is 1. The van der Waals surface area contributed by atoms with Crippen LogP contribution in [0.5, 0.6) is 5.75 Å². The number of ether oxygens (including phenoxy) is 2. The minimum atomic E-state index is -0.431. The van der Waals surface area contributed by atoms with E-state index in [1.54, 1.807) is 12.1 Å². The van der Waals surface area contributed by atoms with E-state index >= 15 is 0 Å². The zero-order valence-electron chi connectivity index (χ0n) is 18.2. The molecule has 1 heterocycles. The third kappa shape index (κ3) is 6.61. The number of rotatable bonds is 9. The fourth-order valence-electron chi connectivity index (χ4n) is 2.93. The number of hydrogen-bond acceptors (Lipinski definition) is 6. The standard InChI is InChI=1S/C21H30N4O4.HI/c1-6-17-16(18(7-2)29-25-17)13-24-21(22-8-3)23-12-14-9-10-15(20(26)28-5)19(11-14)27-4;/h9-11H,6-8,12-13H2,1-5H3,(H2,22,23,24);1H. The lowest BCUT2D eigenvalue weighted by Gasteiger charge is -2.12. The molecule has 0 bridgehead atoms. The molecule has 0 saturated carbocycles. The lowest BCUT2D eigenvalue weighted by molar-refractivity contribution is 0.0597. The van der Waals surface area contributed by atoms with Gasteiger partial charge in [0.1, 0.15) is 17.1 Å². The third-order valence-electron chi connectivity index (χ3n) is 4.47. The molecule has 1 aromatic carbocycles. The maximum Gasteiger partial charge on any atom is 0.341 e. The van der Waals surface area contributed by atoms with Gasteiger partial charge in [0.25, 0.3) is 0 Å². The van der Waals surface area contributed by atoms with Crippen molar-refractivity contribution in [1.29, 1.82) is 0 Å². The number of carbonyl (C=O) groups excluding carboxylic acids is 1. The molecule has 2 aromatic rings. The molecular weight excluding hydrogens is 499 g/mol. The average molecular weight is 530 g/mol. The van der Waals surface area contributed by atoms with Gasteiger partial charge in [-0.25, -0.2) is 9.79 Å². The molecule has 0 amide bonds. The average Bonchev–Trinajstić information content (AvgIpc) is 3.16. The SMILES string of the molecule is CCNC(=NCc1ccc(C(=O)OC)c(OC)c1)NCc1c(CC)noc1CC.I. The van der Waals surface area contributed by atoms with Gasteiger partial charge in [-0.1, -0.05) is 25.1 Å². The summed E-state index contributed by atoms with van der Waals surface area (Å²) in [5, 5.41) is 10.7. The van der Waals surface area contributed by atoms with Crippen molar-refractivity contribution >= 4 is 35.9 Å². The summed E-state index contributed by atoms with van der Waals surface area (Å²) in [6.07, 6.45) is 1.62. The lowest BCUT2D eigenvalue weighted by atomic mass is 10.1. The van der Waals surface area contributed by atoms with Crippen LogP contribution in [-0.2, 0) is 30.7 Å². The van der Waals surface area contributed by atoms with E-state index < -0.39 is 5.97 Å². The molecule has 0 aliphatic heterocycles. The zero-order valence-corrected chi connectivity index (χ0v) is 20.5. The molecule has 0 aliphatic rings. The fourth-order valence-corrected chi connectivity index (χ4v) is 2.93. The molecule has 0 atom stereocenters. The van der Waals surface area contributed by atoms with Gasteiger partial charge < -0.3 is 24.6 Å². The van der Waals surface area contributed by atoms with E-state index in [4.69, 9.17) is 14.0 Å². The number of guanidine groups is 1. The van der Waals surface area contributed by atoms with Crippen molar-refractivity contribution in [3.8, 4) is 5.75 Å². The van der Waals surface area contributed by atoms with Crippen LogP contribution >= 0.6 is 24.0 Å². The Balaban J connectivity index is 0.00000450. The highest BCUT2D eigenvalue weighted by atomic mass is 127. The first-order valence-corrected chi connectivity index (χ1v) is 9.81. The van der Waals surface area contributed by atoms with Crippen LogP contribution in [0.4, 0.5) is 0 Å². The highest BCUT2D eigenvalue weighted by Crippen LogP contribution is 2.21. The van der Waals surface area contributed by atoms with E-state index in [2.05, 4.69) is 27.7 Å². The first kappa shape index (κ1) is 25.7. The van der Waals surface area contributed by atoms with Gasteiger partial charge in [-0.15, -0.1) is 24.0 Å². The van der Waals surface area contributed by atoms with Crippen LogP contribution in [0.25, 0.3) is 0 Å². The number of aryl methyl sites for hydroxylation is 2. The monoisotopic (exact) mass is 530 g/mol. The first-order valence-electron chi connectivity index (χ1n) is 9.81. The number of nitrogens with zero attached hydrogens (tertiary/aromatic N) is 2. The summed E-state index contributed by atoms with van der Waals surface area (Å²) in [6, 6.07) is 5.32. The Bertz CT molecular complexity index is 830. The van der Waals surface area contributed by atoms with Gasteiger partial charge in [0.15, 0.2) is 5.96 Å². The molecule has 166 valence electrons. The van der Waals surface area contributed by atoms with Crippen molar-refractivity contribution in [3.63, 3.8) is 0 Å². The van der Waals surface area contributed by atoms with Crippen LogP contribution in [0.3, 0.4) is 0 Å². The quantitative estimate of drug-likeness (QED) is 0.222. The number of methoxy groups -OCH3 is 2. The molecular formula is C21H31IN4O4. The molecule has 0 aliphatic carbocycles. The Hall–Kier alpha value is -2.30. The minimum absolute atomic E-state index is 0. The van der Waals surface area contributed by atoms with Crippen molar-refractivity contribution < 1.29 is 18.8 Å². The molecule has 2 N–H and O–H groups in total. The van der Waals surface area contributed by atoms with E-state index in [1.807, 2.05) is 19.9 Å². The number of aromatic nitrogens is 1. The van der Waals surface area contributed by atoms with Gasteiger partial charge in [-0.3, -0.25) is 0 Å². The maximum absolute atomic E-state index is 11.8. The van der Waals surface area contributed by atoms with Crippen LogP contribution in [0.1, 0.15) is 53.7 Å². The molecule has 0 saturated heterocycles. The van der Waals surface area contributed by atoms with Gasteiger partial charge >= 0.3 is 5.97 Å². The van der Waals surface area contributed by atoms with Gasteiger partial charge in [0.05, 0.1) is 26.5 Å². The normalized spacial score (nSPS) is 10.9. The van der Waals surface area contributed by atoms with Crippen LogP contribution in [0.2, 0.25) is 0 Å². The van der Waals surface area contributed by atoms with Crippen LogP contribution in [0, 0.1) is 0 Å². The zero-order chi connectivity index (χ0) is 21.2. The van der Waals surface area contributed by atoms with E-state index in [1.165, 1.54) is 14.2 Å². The van der Waals surface area contributed by atoms with Crippen molar-refractivity contribution in [2.45, 2.75) is 46.7 Å². The number of benzene rings is 1. The highest BCUT2D eigenvalue weighted by Gasteiger charge is 2.15. The Morgan fingerprint density at radius 2 is 1.93 bits per heavy atom. The van der Waals surface area contributed by atoms with Crippen LogP contribution in [0.15, 0.2) is 27.7 Å². The Morgan fingerprint density at radius 1 is 1.17 bits per heavy atom. The lowest BCUT2D eigenvalue weighted by Crippen LogP contribution is -2.37. The second-order valence-electron chi connectivity index (χ2n) is 6.31. The third-order valence-corrected chi connectivity index (χ3v) is 4.47. The van der Waals surface area contributed by atoms with E-state index in [9.17, 15) is 4.79 Å². The Kier molecular flexibility index (Phi) is 11.2. The molecule has 0 spiro atoms. The number of carbonyl (C=O) groups is 1. The van der Waals surface area contributed by atoms with Gasteiger partial charge in [-0.05, 0) is 31.0 Å². The second kappa shape index (κ2) is 13.1. The highest BCUT2D eigenvalue weighted by molar-refractivity contribution is 14.0. The molecule has 0 radical (unpaired) electrons. The smallest absolute Gasteiger partial charge is 0.341 e. The van der Waals surface area contributed by atoms with Crippen molar-refractivity contribution in [3.05, 3.63) is 46.3 Å². The molecule has 0 fully saturated rings. The predicted octanol–water partition coefficient (Wildman–Crippen LogP) is 3.47. The molecule has 9 heteroatoms. The summed E-state index contributed by atoms with van der Waals surface area (Å²) in [6.45, 7) is 7.88. The summed E-state index contributed by atoms with van der Waals surface area (Å²) in [5.74, 6) is 1.62. The van der Waals surface area contributed by atoms with E-state index in [0.717, 1.165) is 42.0 Å². The van der Waals surface area contributed by atoms with Crippen molar-refractivity contribution in [1.82, 2.24) is 15.8 Å². The molecule has 30 heavy (non-hydrogen) atoms. The number of esters is 1. The second-order valence-corrected chi connectivity index (χ2v) is 6.31. The van der Waals surface area contributed by atoms with Crippen molar-refractivity contribution in [2.75, 3.05) is 20.8 Å². The summed E-state index contributed by atoms with van der Waals surface area (Å²) < 4.78 is 15.5. The van der Waals surface area contributed by atoms with E-state index in [-0.39, 0.29) is 24.0 Å². The predicted molar refractivity (Wildman–Crippen MR) is 127 cm³/mol. The fraction of sp³-hybridized carbons (Fsp3) is 0.476.